The van der Waals surface area contributed by atoms with Crippen molar-refractivity contribution >= 4 is 35.8 Å². The molecule has 12 heteroatoms. The van der Waals surface area contributed by atoms with Gasteiger partial charge in [-0.15, -0.1) is 5.10 Å². The molecule has 0 unspecified atom stereocenters. The molecule has 0 aliphatic carbocycles. The summed E-state index contributed by atoms with van der Waals surface area (Å²) in [6.07, 6.45) is -3.48. The molecular formula is C25H20Cl2F3N5O2. The number of hydrazine groups is 1. The van der Waals surface area contributed by atoms with E-state index in [1.807, 2.05) is 6.79 Å². The maximum Gasteiger partial charge on any atom is 0.433 e. The molecule has 0 bridgehead atoms. The lowest BCUT2D eigenvalue weighted by molar-refractivity contribution is -0.141. The highest BCUT2D eigenvalue weighted by Crippen LogP contribution is 2.35. The maximum absolute atomic E-state index is 13.7. The van der Waals surface area contributed by atoms with Gasteiger partial charge in [0.15, 0.2) is 5.82 Å². The van der Waals surface area contributed by atoms with Crippen LogP contribution in [0.4, 0.5) is 19.0 Å². The van der Waals surface area contributed by atoms with Gasteiger partial charge in [-0.25, -0.2) is 10.1 Å². The molecular weight excluding hydrogens is 530 g/mol. The lowest BCUT2D eigenvalue weighted by Crippen LogP contribution is -2.29. The molecule has 0 amide bonds. The monoisotopic (exact) mass is 549 g/mol. The van der Waals surface area contributed by atoms with Crippen LogP contribution in [0.5, 0.6) is 0 Å². The topological polar surface area (TPSA) is 88.9 Å². The fourth-order valence-corrected chi connectivity index (χ4v) is 3.78. The number of hydrogen-bond donors (Lipinski definition) is 2. The van der Waals surface area contributed by atoms with Crippen LogP contribution in [0.15, 0.2) is 71.7 Å². The van der Waals surface area contributed by atoms with Gasteiger partial charge in [0.25, 0.3) is 5.56 Å². The summed E-state index contributed by atoms with van der Waals surface area (Å²) < 4.78 is 39.8. The molecule has 0 aliphatic heterocycles. The van der Waals surface area contributed by atoms with Crippen LogP contribution in [-0.2, 0) is 17.5 Å². The van der Waals surface area contributed by atoms with Crippen molar-refractivity contribution in [3.63, 3.8) is 0 Å². The van der Waals surface area contributed by atoms with Gasteiger partial charge >= 0.3 is 6.18 Å². The molecule has 4 rings (SSSR count). The van der Waals surface area contributed by atoms with E-state index in [1.54, 1.807) is 55.6 Å². The lowest BCUT2D eigenvalue weighted by atomic mass is 9.96. The number of aromatic nitrogens is 3. The van der Waals surface area contributed by atoms with Gasteiger partial charge < -0.3 is 10.2 Å². The van der Waals surface area contributed by atoms with Crippen molar-refractivity contribution in [2.75, 3.05) is 12.5 Å². The first-order valence-electron chi connectivity index (χ1n) is 10.6. The van der Waals surface area contributed by atoms with Crippen molar-refractivity contribution in [3.05, 3.63) is 98.5 Å². The minimum Gasteiger partial charge on any atom is -0.307 e. The maximum atomic E-state index is 13.7. The number of halogens is 5. The summed E-state index contributed by atoms with van der Waals surface area (Å²) >= 11 is 12.1. The summed E-state index contributed by atoms with van der Waals surface area (Å²) in [7, 11) is 1.64. The summed E-state index contributed by atoms with van der Waals surface area (Å²) in [5.74, 6) is 0.333. The molecule has 0 atom stereocenters. The minimum absolute atomic E-state index is 0.0934. The number of anilines is 1. The predicted molar refractivity (Wildman–Crippen MR) is 138 cm³/mol. The van der Waals surface area contributed by atoms with Gasteiger partial charge in [-0.3, -0.25) is 9.78 Å². The van der Waals surface area contributed by atoms with Gasteiger partial charge in [0, 0.05) is 28.9 Å². The molecule has 0 saturated heterocycles. The molecule has 0 saturated carbocycles. The van der Waals surface area contributed by atoms with Gasteiger partial charge in [0.2, 0.25) is 0 Å². The molecule has 2 aromatic carbocycles. The fourth-order valence-electron chi connectivity index (χ4n) is 3.52. The highest BCUT2D eigenvalue weighted by molar-refractivity contribution is 6.31. The van der Waals surface area contributed by atoms with E-state index in [0.717, 1.165) is 12.3 Å². The van der Waals surface area contributed by atoms with Crippen LogP contribution < -0.4 is 16.4 Å². The molecule has 2 aromatic heterocycles. The predicted octanol–water partition coefficient (Wildman–Crippen LogP) is 5.71. The Morgan fingerprint density at radius 2 is 1.43 bits per heavy atom. The molecule has 2 N–H and O–H groups in total. The largest absolute Gasteiger partial charge is 0.433 e. The highest BCUT2D eigenvalue weighted by Gasteiger charge is 2.32. The van der Waals surface area contributed by atoms with Crippen LogP contribution in [0.25, 0.3) is 22.3 Å². The Balaban J connectivity index is 0.00000186. The Morgan fingerprint density at radius 3 is 1.89 bits per heavy atom. The van der Waals surface area contributed by atoms with Gasteiger partial charge in [0.05, 0.1) is 12.1 Å². The summed E-state index contributed by atoms with van der Waals surface area (Å²) in [4.78, 5) is 25.2. The first kappa shape index (κ1) is 27.9. The Morgan fingerprint density at radius 1 is 0.892 bits per heavy atom. The van der Waals surface area contributed by atoms with Crippen LogP contribution in [0, 0.1) is 0 Å². The number of carbonyl (C=O) groups excluding carboxylic acids is 1. The third-order valence-electron chi connectivity index (χ3n) is 5.11. The standard InChI is InChI=1S/C24H18Cl2F3N5O.CH2O/c1-30-32-22-20(15-3-7-17(25)8-4-15)21(16-5-9-18(26)10-6-16)23(35)34(33-22)13-14-2-11-19(31-12-14)24(27,28)29;1-2/h2-12,30H,13H2,1H3,(H,32,33);1H2. The van der Waals surface area contributed by atoms with E-state index in [4.69, 9.17) is 28.0 Å². The van der Waals surface area contributed by atoms with Crippen LogP contribution >= 0.6 is 23.2 Å². The van der Waals surface area contributed by atoms with E-state index in [1.165, 1.54) is 10.7 Å². The van der Waals surface area contributed by atoms with Gasteiger partial charge in [-0.05, 0) is 47.0 Å². The Labute approximate surface area is 219 Å². The third kappa shape index (κ3) is 6.53. The quantitative estimate of drug-likeness (QED) is 0.299. The zero-order valence-electron chi connectivity index (χ0n) is 19.3. The van der Waals surface area contributed by atoms with Crippen molar-refractivity contribution in [3.8, 4) is 22.3 Å². The number of benzene rings is 2. The molecule has 37 heavy (non-hydrogen) atoms. The van der Waals surface area contributed by atoms with E-state index < -0.39 is 17.4 Å². The van der Waals surface area contributed by atoms with Crippen LogP contribution in [0.2, 0.25) is 10.0 Å². The Hall–Kier alpha value is -3.73. The SMILES string of the molecule is C=O.CNNc1nn(Cc2ccc(C(F)(F)F)nc2)c(=O)c(-c2ccc(Cl)cc2)c1-c1ccc(Cl)cc1. The average Bonchev–Trinajstić information content (AvgIpc) is 2.88. The van der Waals surface area contributed by atoms with Crippen LogP contribution in [-0.4, -0.2) is 28.6 Å². The van der Waals surface area contributed by atoms with Crippen molar-refractivity contribution in [2.24, 2.45) is 0 Å². The zero-order valence-corrected chi connectivity index (χ0v) is 20.8. The average molecular weight is 550 g/mol. The summed E-state index contributed by atoms with van der Waals surface area (Å²) in [6.45, 7) is 1.91. The normalized spacial score (nSPS) is 11.0. The molecule has 0 aliphatic rings. The van der Waals surface area contributed by atoms with Crippen molar-refractivity contribution in [1.29, 1.82) is 0 Å². The summed E-state index contributed by atoms with van der Waals surface area (Å²) in [5, 5.41) is 5.48. The van der Waals surface area contributed by atoms with Crippen molar-refractivity contribution < 1.29 is 18.0 Å². The number of carbonyl (C=O) groups is 1. The van der Waals surface area contributed by atoms with Crippen LogP contribution in [0.1, 0.15) is 11.3 Å². The van der Waals surface area contributed by atoms with E-state index in [2.05, 4.69) is 20.9 Å². The molecule has 2 heterocycles. The van der Waals surface area contributed by atoms with E-state index in [0.29, 0.717) is 43.7 Å². The Bertz CT molecular complexity index is 1410. The fraction of sp³-hybridized carbons (Fsp3) is 0.120. The van der Waals surface area contributed by atoms with Gasteiger partial charge in [0.1, 0.15) is 12.5 Å². The van der Waals surface area contributed by atoms with Crippen LogP contribution in [0.3, 0.4) is 0 Å². The third-order valence-corrected chi connectivity index (χ3v) is 5.62. The summed E-state index contributed by atoms with van der Waals surface area (Å²) in [5.41, 5.74) is 6.81. The first-order valence-corrected chi connectivity index (χ1v) is 11.3. The Kier molecular flexibility index (Phi) is 9.04. The zero-order chi connectivity index (χ0) is 27.2. The number of nitrogens with zero attached hydrogens (tertiary/aromatic N) is 3. The van der Waals surface area contributed by atoms with Gasteiger partial charge in [-0.1, -0.05) is 53.5 Å². The van der Waals surface area contributed by atoms with Crippen molar-refractivity contribution in [2.45, 2.75) is 12.7 Å². The van der Waals surface area contributed by atoms with Gasteiger partial charge in [-0.2, -0.15) is 13.2 Å². The number of alkyl halides is 3. The van der Waals surface area contributed by atoms with E-state index in [9.17, 15) is 18.0 Å². The lowest BCUT2D eigenvalue weighted by Gasteiger charge is -2.18. The second-order valence-electron chi connectivity index (χ2n) is 7.50. The molecule has 0 fully saturated rings. The molecule has 192 valence electrons. The highest BCUT2D eigenvalue weighted by atomic mass is 35.5. The molecule has 0 spiro atoms. The van der Waals surface area contributed by atoms with Crippen molar-refractivity contribution in [1.82, 2.24) is 20.2 Å². The number of pyridine rings is 1. The minimum atomic E-state index is -4.56. The molecule has 4 aromatic rings. The first-order chi connectivity index (χ1) is 17.7. The number of hydrogen-bond acceptors (Lipinski definition) is 6. The second kappa shape index (κ2) is 12.0. The number of nitrogens with one attached hydrogen (secondary N) is 2. The second-order valence-corrected chi connectivity index (χ2v) is 8.37. The van der Waals surface area contributed by atoms with E-state index in [-0.39, 0.29) is 6.54 Å². The smallest absolute Gasteiger partial charge is 0.307 e. The molecule has 7 nitrogen and oxygen atoms in total. The van der Waals surface area contributed by atoms with E-state index >= 15 is 0 Å². The number of rotatable bonds is 6. The summed E-state index contributed by atoms with van der Waals surface area (Å²) in [6, 6.07) is 15.8. The molecule has 0 radical (unpaired) electrons.